The van der Waals surface area contributed by atoms with Gasteiger partial charge in [0.15, 0.2) is 0 Å². The van der Waals surface area contributed by atoms with Crippen LogP contribution in [0.15, 0.2) is 54.1 Å². The molecule has 1 atom stereocenters. The fourth-order valence-electron chi connectivity index (χ4n) is 4.33. The molecule has 4 rings (SSSR count). The molecule has 2 aliphatic rings. The van der Waals surface area contributed by atoms with E-state index in [-0.39, 0.29) is 17.1 Å². The molecular weight excluding hydrogens is 436 g/mol. The summed E-state index contributed by atoms with van der Waals surface area (Å²) in [6.07, 6.45) is 0.835. The number of benzene rings is 2. The molecule has 180 valence electrons. The zero-order chi connectivity index (χ0) is 24.1. The molecule has 0 spiro atoms. The number of hydrogen-bond donors (Lipinski definition) is 2. The number of aliphatic hydroxyl groups excluding tert-OH is 1. The van der Waals surface area contributed by atoms with Crippen LogP contribution in [0.1, 0.15) is 30.5 Å². The molecule has 2 saturated heterocycles. The Balaban J connectivity index is 1.72. The van der Waals surface area contributed by atoms with Gasteiger partial charge in [0, 0.05) is 31.7 Å². The first kappa shape index (κ1) is 23.8. The maximum absolute atomic E-state index is 13.2. The first-order valence-electron chi connectivity index (χ1n) is 11.6. The van der Waals surface area contributed by atoms with Gasteiger partial charge in [-0.05, 0) is 36.2 Å². The maximum atomic E-state index is 13.2. The van der Waals surface area contributed by atoms with Crippen LogP contribution in [0.2, 0.25) is 0 Å². The second-order valence-electron chi connectivity index (χ2n) is 8.42. The van der Waals surface area contributed by atoms with E-state index in [0.29, 0.717) is 49.8 Å². The van der Waals surface area contributed by atoms with Crippen molar-refractivity contribution in [2.24, 2.45) is 0 Å². The molecular formula is C26H30N2O6. The van der Waals surface area contributed by atoms with Crippen molar-refractivity contribution >= 4 is 17.4 Å². The summed E-state index contributed by atoms with van der Waals surface area (Å²) in [6.45, 7) is 6.18. The number of nitrogens with zero attached hydrogens (tertiary/aromatic N) is 2. The van der Waals surface area contributed by atoms with Crippen LogP contribution in [0, 0.1) is 0 Å². The summed E-state index contributed by atoms with van der Waals surface area (Å²) in [5.74, 6) is -1.08. The highest BCUT2D eigenvalue weighted by atomic mass is 16.5. The number of rotatable bonds is 8. The number of likely N-dealkylation sites (tertiary alicyclic amines) is 1. The summed E-state index contributed by atoms with van der Waals surface area (Å²) >= 11 is 0. The van der Waals surface area contributed by atoms with Crippen molar-refractivity contribution in [2.45, 2.75) is 19.4 Å². The van der Waals surface area contributed by atoms with Gasteiger partial charge in [-0.3, -0.25) is 14.5 Å². The number of carbonyl (C=O) groups excluding carboxylic acids is 2. The van der Waals surface area contributed by atoms with Crippen molar-refractivity contribution < 1.29 is 29.3 Å². The molecule has 0 radical (unpaired) electrons. The molecule has 8 heteroatoms. The molecule has 2 aromatic rings. The Bertz CT molecular complexity index is 1080. The van der Waals surface area contributed by atoms with Crippen LogP contribution in [0.25, 0.3) is 5.76 Å². The van der Waals surface area contributed by atoms with Crippen LogP contribution in [-0.4, -0.2) is 77.7 Å². The largest absolute Gasteiger partial charge is 0.508 e. The Morgan fingerprint density at radius 1 is 1.09 bits per heavy atom. The molecule has 34 heavy (non-hydrogen) atoms. The van der Waals surface area contributed by atoms with Gasteiger partial charge in [-0.25, -0.2) is 0 Å². The van der Waals surface area contributed by atoms with Crippen LogP contribution >= 0.6 is 0 Å². The lowest BCUT2D eigenvalue weighted by molar-refractivity contribution is -0.140. The fourth-order valence-corrected chi connectivity index (χ4v) is 4.33. The third kappa shape index (κ3) is 5.08. The Hall–Kier alpha value is -3.36. The van der Waals surface area contributed by atoms with Crippen LogP contribution < -0.4 is 4.74 Å². The number of phenolic OH excluding ortho intramolecular Hbond substituents is 1. The summed E-state index contributed by atoms with van der Waals surface area (Å²) in [4.78, 5) is 29.9. The Morgan fingerprint density at radius 2 is 1.85 bits per heavy atom. The number of morpholine rings is 1. The number of Topliss-reactive ketones (excluding diaryl/α,β-unsaturated/α-hetero) is 1. The van der Waals surface area contributed by atoms with Gasteiger partial charge in [0.25, 0.3) is 11.7 Å². The van der Waals surface area contributed by atoms with Gasteiger partial charge in [0.2, 0.25) is 0 Å². The van der Waals surface area contributed by atoms with Crippen molar-refractivity contribution in [2.75, 3.05) is 46.0 Å². The standard InChI is InChI=1S/C26H30N2O6/c1-2-13-34-21-8-4-6-19(17-21)24(30)22-23(18-5-3-7-20(29)16-18)28(26(32)25(22)31)10-9-27-11-14-33-15-12-27/h3-8,16-17,23,29-30H,2,9-15H2,1H3. The summed E-state index contributed by atoms with van der Waals surface area (Å²) in [5.41, 5.74) is 0.955. The third-order valence-corrected chi connectivity index (χ3v) is 6.07. The summed E-state index contributed by atoms with van der Waals surface area (Å²) in [5, 5.41) is 21.3. The minimum atomic E-state index is -0.812. The second kappa shape index (κ2) is 10.7. The monoisotopic (exact) mass is 466 g/mol. The lowest BCUT2D eigenvalue weighted by atomic mass is 9.95. The predicted molar refractivity (Wildman–Crippen MR) is 127 cm³/mol. The molecule has 0 saturated carbocycles. The highest BCUT2D eigenvalue weighted by Crippen LogP contribution is 2.40. The molecule has 2 fully saturated rings. The number of phenols is 1. The molecule has 0 aromatic heterocycles. The van der Waals surface area contributed by atoms with Crippen LogP contribution in [-0.2, 0) is 14.3 Å². The molecule has 0 bridgehead atoms. The van der Waals surface area contributed by atoms with E-state index in [1.165, 1.54) is 17.0 Å². The number of carbonyl (C=O) groups is 2. The molecule has 2 aromatic carbocycles. The summed E-state index contributed by atoms with van der Waals surface area (Å²) < 4.78 is 11.1. The van der Waals surface area contributed by atoms with Crippen molar-refractivity contribution in [3.8, 4) is 11.5 Å². The first-order chi connectivity index (χ1) is 16.5. The fraction of sp³-hybridized carbons (Fsp3) is 0.385. The first-order valence-corrected chi connectivity index (χ1v) is 11.6. The molecule has 2 heterocycles. The third-order valence-electron chi connectivity index (χ3n) is 6.07. The van der Waals surface area contributed by atoms with Gasteiger partial charge in [-0.15, -0.1) is 0 Å². The van der Waals surface area contributed by atoms with Crippen molar-refractivity contribution in [1.29, 1.82) is 0 Å². The van der Waals surface area contributed by atoms with E-state index in [2.05, 4.69) is 4.90 Å². The molecule has 2 aliphatic heterocycles. The average molecular weight is 467 g/mol. The number of hydrogen-bond acceptors (Lipinski definition) is 7. The van der Waals surface area contributed by atoms with E-state index >= 15 is 0 Å². The minimum absolute atomic E-state index is 0.00483. The smallest absolute Gasteiger partial charge is 0.295 e. The van der Waals surface area contributed by atoms with Crippen molar-refractivity contribution in [3.05, 3.63) is 65.2 Å². The van der Waals surface area contributed by atoms with Crippen molar-refractivity contribution in [3.63, 3.8) is 0 Å². The maximum Gasteiger partial charge on any atom is 0.295 e. The summed E-state index contributed by atoms with van der Waals surface area (Å²) in [6, 6.07) is 12.5. The zero-order valence-corrected chi connectivity index (χ0v) is 19.3. The number of ether oxygens (including phenoxy) is 2. The van der Waals surface area contributed by atoms with E-state index < -0.39 is 17.7 Å². The molecule has 8 nitrogen and oxygen atoms in total. The SMILES string of the molecule is CCCOc1cccc(C(O)=C2C(=O)C(=O)N(CCN3CCOCC3)C2c2cccc(O)c2)c1. The molecule has 1 unspecified atom stereocenters. The highest BCUT2D eigenvalue weighted by molar-refractivity contribution is 6.46. The van der Waals surface area contributed by atoms with Gasteiger partial charge in [-0.1, -0.05) is 31.2 Å². The van der Waals surface area contributed by atoms with Gasteiger partial charge in [0.1, 0.15) is 17.3 Å². The summed E-state index contributed by atoms with van der Waals surface area (Å²) in [7, 11) is 0. The average Bonchev–Trinajstić information content (AvgIpc) is 3.11. The topological polar surface area (TPSA) is 99.5 Å². The van der Waals surface area contributed by atoms with E-state index in [4.69, 9.17) is 9.47 Å². The number of ketones is 1. The zero-order valence-electron chi connectivity index (χ0n) is 19.3. The molecule has 1 amide bonds. The van der Waals surface area contributed by atoms with Crippen molar-refractivity contribution in [1.82, 2.24) is 9.80 Å². The van der Waals surface area contributed by atoms with Gasteiger partial charge in [-0.2, -0.15) is 0 Å². The Morgan fingerprint density at radius 3 is 2.59 bits per heavy atom. The number of aliphatic hydroxyl groups is 1. The van der Waals surface area contributed by atoms with Crippen LogP contribution in [0.4, 0.5) is 0 Å². The molecule has 0 aliphatic carbocycles. The lowest BCUT2D eigenvalue weighted by Crippen LogP contribution is -2.42. The second-order valence-corrected chi connectivity index (χ2v) is 8.42. The van der Waals surface area contributed by atoms with Gasteiger partial charge >= 0.3 is 0 Å². The number of aromatic hydroxyl groups is 1. The lowest BCUT2D eigenvalue weighted by Gasteiger charge is -2.31. The Kier molecular flexibility index (Phi) is 7.49. The van der Waals surface area contributed by atoms with E-state index in [0.717, 1.165) is 19.5 Å². The quantitative estimate of drug-likeness (QED) is 0.351. The molecule has 2 N–H and O–H groups in total. The van der Waals surface area contributed by atoms with Gasteiger partial charge < -0.3 is 24.6 Å². The predicted octanol–water partition coefficient (Wildman–Crippen LogP) is 2.93. The number of amides is 1. The van der Waals surface area contributed by atoms with E-state index in [9.17, 15) is 19.8 Å². The normalized spacial score (nSPS) is 20.6. The Labute approximate surface area is 199 Å². The van der Waals surface area contributed by atoms with E-state index in [1.807, 2.05) is 6.92 Å². The van der Waals surface area contributed by atoms with Crippen LogP contribution in [0.3, 0.4) is 0 Å². The van der Waals surface area contributed by atoms with Crippen LogP contribution in [0.5, 0.6) is 11.5 Å². The van der Waals surface area contributed by atoms with E-state index in [1.54, 1.807) is 36.4 Å². The van der Waals surface area contributed by atoms with Gasteiger partial charge in [0.05, 0.1) is 31.4 Å². The highest BCUT2D eigenvalue weighted by Gasteiger charge is 2.46. The minimum Gasteiger partial charge on any atom is -0.508 e.